The number of carbonyl (C=O) groups is 1. The fourth-order valence-corrected chi connectivity index (χ4v) is 3.39. The second-order valence-corrected chi connectivity index (χ2v) is 5.28. The van der Waals surface area contributed by atoms with E-state index in [0.29, 0.717) is 18.6 Å². The van der Waals surface area contributed by atoms with Crippen LogP contribution in [0.2, 0.25) is 0 Å². The molecule has 1 spiro atoms. The van der Waals surface area contributed by atoms with Crippen molar-refractivity contribution in [3.63, 3.8) is 0 Å². The topological polar surface area (TPSA) is 35.5 Å². The van der Waals surface area contributed by atoms with Gasteiger partial charge in [0, 0.05) is 11.0 Å². The highest BCUT2D eigenvalue weighted by atomic mass is 19.1. The first-order valence-electron chi connectivity index (χ1n) is 6.66. The Balaban J connectivity index is 1.97. The van der Waals surface area contributed by atoms with Crippen LogP contribution in [-0.2, 0) is 21.4 Å². The molecule has 102 valence electrons. The van der Waals surface area contributed by atoms with Crippen LogP contribution in [0.5, 0.6) is 5.75 Å². The molecule has 0 heterocycles. The van der Waals surface area contributed by atoms with Gasteiger partial charge in [0.25, 0.3) is 0 Å². The molecule has 0 amide bonds. The molecule has 0 aliphatic heterocycles. The van der Waals surface area contributed by atoms with Gasteiger partial charge < -0.3 is 9.47 Å². The number of benzene rings is 1. The second kappa shape index (κ2) is 4.22. The Morgan fingerprint density at radius 1 is 1.53 bits per heavy atom. The quantitative estimate of drug-likeness (QED) is 0.787. The summed E-state index contributed by atoms with van der Waals surface area (Å²) < 4.78 is 24.6. The number of rotatable bonds is 3. The highest BCUT2D eigenvalue weighted by molar-refractivity contribution is 5.80. The standard InChI is InChI=1S/C15H17FO3/c1-3-19-14(17)10-8-15(10)7-6-9-4-5-11(18-2)13(16)12(9)15/h4-5,10H,3,6-8H2,1-2H3. The molecule has 0 saturated heterocycles. The van der Waals surface area contributed by atoms with Crippen molar-refractivity contribution >= 4 is 5.97 Å². The molecule has 2 unspecified atom stereocenters. The minimum atomic E-state index is -0.333. The van der Waals surface area contributed by atoms with Crippen molar-refractivity contribution in [2.75, 3.05) is 13.7 Å². The van der Waals surface area contributed by atoms with E-state index in [0.717, 1.165) is 18.4 Å². The van der Waals surface area contributed by atoms with Crippen molar-refractivity contribution in [3.05, 3.63) is 29.1 Å². The lowest BCUT2D eigenvalue weighted by atomic mass is 9.94. The van der Waals surface area contributed by atoms with Crippen molar-refractivity contribution in [2.45, 2.75) is 31.6 Å². The molecule has 3 rings (SSSR count). The van der Waals surface area contributed by atoms with Crippen LogP contribution in [0.15, 0.2) is 12.1 Å². The first-order valence-corrected chi connectivity index (χ1v) is 6.66. The molecule has 1 saturated carbocycles. The summed E-state index contributed by atoms with van der Waals surface area (Å²) in [5, 5.41) is 0. The highest BCUT2D eigenvalue weighted by Gasteiger charge is 2.63. The van der Waals surface area contributed by atoms with Crippen molar-refractivity contribution in [1.29, 1.82) is 0 Å². The average molecular weight is 264 g/mol. The predicted octanol–water partition coefficient (Wildman–Crippen LogP) is 2.60. The van der Waals surface area contributed by atoms with E-state index in [9.17, 15) is 9.18 Å². The molecular weight excluding hydrogens is 247 g/mol. The zero-order valence-electron chi connectivity index (χ0n) is 11.2. The van der Waals surface area contributed by atoms with E-state index in [1.807, 2.05) is 6.07 Å². The normalized spacial score (nSPS) is 27.2. The maximum Gasteiger partial charge on any atom is 0.309 e. The molecule has 1 aromatic rings. The van der Waals surface area contributed by atoms with Crippen molar-refractivity contribution in [1.82, 2.24) is 0 Å². The van der Waals surface area contributed by atoms with Crippen LogP contribution < -0.4 is 4.74 Å². The molecule has 0 radical (unpaired) electrons. The van der Waals surface area contributed by atoms with Crippen LogP contribution in [0.1, 0.15) is 30.9 Å². The van der Waals surface area contributed by atoms with E-state index < -0.39 is 0 Å². The van der Waals surface area contributed by atoms with E-state index in [1.54, 1.807) is 13.0 Å². The van der Waals surface area contributed by atoms with E-state index in [2.05, 4.69) is 0 Å². The van der Waals surface area contributed by atoms with Crippen LogP contribution in [0.3, 0.4) is 0 Å². The zero-order chi connectivity index (χ0) is 13.6. The molecular formula is C15H17FO3. The smallest absolute Gasteiger partial charge is 0.309 e. The number of aryl methyl sites for hydroxylation is 1. The molecule has 0 bridgehead atoms. The van der Waals surface area contributed by atoms with E-state index in [4.69, 9.17) is 9.47 Å². The summed E-state index contributed by atoms with van der Waals surface area (Å²) in [6.07, 6.45) is 2.35. The number of ether oxygens (including phenoxy) is 2. The molecule has 1 fully saturated rings. The van der Waals surface area contributed by atoms with Gasteiger partial charge in [0.1, 0.15) is 0 Å². The zero-order valence-corrected chi connectivity index (χ0v) is 11.2. The maximum atomic E-state index is 14.5. The largest absolute Gasteiger partial charge is 0.494 e. The van der Waals surface area contributed by atoms with Crippen LogP contribution >= 0.6 is 0 Å². The maximum absolute atomic E-state index is 14.5. The average Bonchev–Trinajstić information content (AvgIpc) is 2.99. The lowest BCUT2D eigenvalue weighted by Crippen LogP contribution is -2.16. The van der Waals surface area contributed by atoms with Gasteiger partial charge in [-0.05, 0) is 37.8 Å². The van der Waals surface area contributed by atoms with E-state index in [1.165, 1.54) is 7.11 Å². The minimum absolute atomic E-state index is 0.185. The lowest BCUT2D eigenvalue weighted by Gasteiger charge is -2.14. The Labute approximate surface area is 111 Å². The van der Waals surface area contributed by atoms with E-state index >= 15 is 0 Å². The summed E-state index contributed by atoms with van der Waals surface area (Å²) in [7, 11) is 1.46. The Hall–Kier alpha value is -1.58. The molecule has 1 aromatic carbocycles. The fraction of sp³-hybridized carbons (Fsp3) is 0.533. The van der Waals surface area contributed by atoms with Crippen molar-refractivity contribution in [2.24, 2.45) is 5.92 Å². The van der Waals surface area contributed by atoms with Gasteiger partial charge in [-0.15, -0.1) is 0 Å². The van der Waals surface area contributed by atoms with Crippen molar-refractivity contribution < 1.29 is 18.7 Å². The molecule has 19 heavy (non-hydrogen) atoms. The number of carbonyl (C=O) groups excluding carboxylic acids is 1. The molecule has 2 atom stereocenters. The van der Waals surface area contributed by atoms with Gasteiger partial charge in [-0.2, -0.15) is 0 Å². The molecule has 2 aliphatic rings. The first kappa shape index (κ1) is 12.5. The van der Waals surface area contributed by atoms with Crippen LogP contribution in [0.25, 0.3) is 0 Å². The molecule has 2 aliphatic carbocycles. The van der Waals surface area contributed by atoms with Crippen LogP contribution in [0, 0.1) is 11.7 Å². The Bertz CT molecular complexity index is 540. The summed E-state index contributed by atoms with van der Waals surface area (Å²) >= 11 is 0. The number of hydrogen-bond donors (Lipinski definition) is 0. The Morgan fingerprint density at radius 2 is 2.32 bits per heavy atom. The van der Waals surface area contributed by atoms with Gasteiger partial charge in [-0.3, -0.25) is 4.79 Å². The van der Waals surface area contributed by atoms with Crippen LogP contribution in [0.4, 0.5) is 4.39 Å². The summed E-state index contributed by atoms with van der Waals surface area (Å²) in [5.74, 6) is -0.424. The SMILES string of the molecule is CCOC(=O)C1CC12CCc1ccc(OC)c(F)c12. The summed E-state index contributed by atoms with van der Waals surface area (Å²) in [6.45, 7) is 2.16. The third-order valence-electron chi connectivity index (χ3n) is 4.40. The fourth-order valence-electron chi connectivity index (χ4n) is 3.39. The third kappa shape index (κ3) is 1.66. The molecule has 3 nitrogen and oxygen atoms in total. The van der Waals surface area contributed by atoms with Gasteiger partial charge in [0.2, 0.25) is 0 Å². The van der Waals surface area contributed by atoms with Gasteiger partial charge in [0.15, 0.2) is 11.6 Å². The first-order chi connectivity index (χ1) is 9.14. The summed E-state index contributed by atoms with van der Waals surface area (Å²) in [5.41, 5.74) is 1.36. The Morgan fingerprint density at radius 3 is 3.00 bits per heavy atom. The summed E-state index contributed by atoms with van der Waals surface area (Å²) in [4.78, 5) is 11.9. The van der Waals surface area contributed by atoms with Gasteiger partial charge in [-0.1, -0.05) is 6.07 Å². The number of esters is 1. The molecule has 0 N–H and O–H groups in total. The summed E-state index contributed by atoms with van der Waals surface area (Å²) in [6, 6.07) is 3.57. The van der Waals surface area contributed by atoms with Gasteiger partial charge >= 0.3 is 5.97 Å². The molecule has 0 aromatic heterocycles. The van der Waals surface area contributed by atoms with Gasteiger partial charge in [0.05, 0.1) is 19.6 Å². The predicted molar refractivity (Wildman–Crippen MR) is 67.7 cm³/mol. The number of halogens is 1. The Kier molecular flexibility index (Phi) is 2.77. The second-order valence-electron chi connectivity index (χ2n) is 5.28. The highest BCUT2D eigenvalue weighted by Crippen LogP contribution is 2.63. The van der Waals surface area contributed by atoms with Crippen LogP contribution in [-0.4, -0.2) is 19.7 Å². The number of methoxy groups -OCH3 is 1. The molecule has 4 heteroatoms. The number of fused-ring (bicyclic) bond motifs is 2. The third-order valence-corrected chi connectivity index (χ3v) is 4.40. The van der Waals surface area contributed by atoms with Gasteiger partial charge in [-0.25, -0.2) is 4.39 Å². The van der Waals surface area contributed by atoms with Crippen molar-refractivity contribution in [3.8, 4) is 5.75 Å². The number of hydrogen-bond acceptors (Lipinski definition) is 3. The van der Waals surface area contributed by atoms with E-state index in [-0.39, 0.29) is 28.9 Å². The monoisotopic (exact) mass is 264 g/mol. The lowest BCUT2D eigenvalue weighted by molar-refractivity contribution is -0.145. The minimum Gasteiger partial charge on any atom is -0.494 e.